The van der Waals surface area contributed by atoms with Crippen LogP contribution in [0, 0.1) is 12.8 Å². The molecule has 2 N–H and O–H groups in total. The smallest absolute Gasteiger partial charge is 0.150 e. The summed E-state index contributed by atoms with van der Waals surface area (Å²) in [5, 5.41) is 4.51. The Labute approximate surface area is 104 Å². The van der Waals surface area contributed by atoms with Crippen molar-refractivity contribution < 1.29 is 0 Å². The molecule has 2 unspecified atom stereocenters. The van der Waals surface area contributed by atoms with Crippen molar-refractivity contribution in [3.05, 3.63) is 5.69 Å². The molecule has 0 amide bonds. The predicted molar refractivity (Wildman–Crippen MR) is 72.3 cm³/mol. The minimum Gasteiger partial charge on any atom is -0.394 e. The zero-order valence-corrected chi connectivity index (χ0v) is 11.4. The van der Waals surface area contributed by atoms with Gasteiger partial charge in [-0.05, 0) is 39.5 Å². The van der Waals surface area contributed by atoms with Gasteiger partial charge >= 0.3 is 0 Å². The van der Waals surface area contributed by atoms with Crippen LogP contribution in [0.5, 0.6) is 0 Å². The number of aromatic nitrogens is 2. The number of nitrogen functional groups attached to an aromatic ring is 1. The lowest BCUT2D eigenvalue weighted by atomic mass is 9.92. The van der Waals surface area contributed by atoms with E-state index in [2.05, 4.69) is 30.8 Å². The Bertz CT molecular complexity index is 396. The first-order valence-electron chi connectivity index (χ1n) is 6.65. The van der Waals surface area contributed by atoms with E-state index in [4.69, 9.17) is 5.73 Å². The number of hydrogen-bond acceptors (Lipinski definition) is 3. The first-order valence-corrected chi connectivity index (χ1v) is 6.65. The van der Waals surface area contributed by atoms with Gasteiger partial charge in [-0.15, -0.1) is 0 Å². The van der Waals surface area contributed by atoms with Crippen LogP contribution in [0.25, 0.3) is 0 Å². The molecule has 0 spiro atoms. The van der Waals surface area contributed by atoms with E-state index in [1.54, 1.807) is 0 Å². The van der Waals surface area contributed by atoms with Gasteiger partial charge in [-0.25, -0.2) is 4.68 Å². The molecule has 4 heteroatoms. The number of anilines is 2. The van der Waals surface area contributed by atoms with Gasteiger partial charge in [-0.3, -0.25) is 0 Å². The average Bonchev–Trinajstić information content (AvgIpc) is 2.59. The molecule has 2 atom stereocenters. The molecule has 96 valence electrons. The summed E-state index contributed by atoms with van der Waals surface area (Å²) in [6.07, 6.45) is 2.57. The molecule has 1 aliphatic heterocycles. The molecule has 1 fully saturated rings. The van der Waals surface area contributed by atoms with Gasteiger partial charge in [0.2, 0.25) is 0 Å². The Kier molecular flexibility index (Phi) is 3.31. The normalized spacial score (nSPS) is 25.3. The zero-order valence-electron chi connectivity index (χ0n) is 11.4. The summed E-state index contributed by atoms with van der Waals surface area (Å²) in [6.45, 7) is 10.7. The fraction of sp³-hybridized carbons (Fsp3) is 0.769. The van der Waals surface area contributed by atoms with Crippen LogP contribution >= 0.6 is 0 Å². The molecule has 1 aromatic heterocycles. The second-order valence-electron chi connectivity index (χ2n) is 5.19. The number of nitrogens with zero attached hydrogens (tertiary/aromatic N) is 3. The summed E-state index contributed by atoms with van der Waals surface area (Å²) < 4.78 is 2.04. The Balaban J connectivity index is 2.38. The maximum atomic E-state index is 6.19. The first kappa shape index (κ1) is 12.3. The van der Waals surface area contributed by atoms with Gasteiger partial charge in [-0.1, -0.05) is 6.92 Å². The SMILES string of the molecule is CCn1nc(C)c(N)c1N1CCCC(C)C1C. The van der Waals surface area contributed by atoms with Gasteiger partial charge in [0.25, 0.3) is 0 Å². The van der Waals surface area contributed by atoms with E-state index in [1.165, 1.54) is 12.8 Å². The number of aryl methyl sites for hydroxylation is 2. The molecule has 2 heterocycles. The Morgan fingerprint density at radius 2 is 2.12 bits per heavy atom. The zero-order chi connectivity index (χ0) is 12.6. The van der Waals surface area contributed by atoms with Crippen molar-refractivity contribution >= 4 is 11.5 Å². The lowest BCUT2D eigenvalue weighted by Gasteiger charge is -2.39. The molecule has 4 nitrogen and oxygen atoms in total. The van der Waals surface area contributed by atoms with E-state index in [1.807, 2.05) is 11.6 Å². The Hall–Kier alpha value is -1.19. The standard InChI is InChI=1S/C13H24N4/c1-5-17-13(12(14)10(3)15-17)16-8-6-7-9(2)11(16)4/h9,11H,5-8,14H2,1-4H3. The van der Waals surface area contributed by atoms with Crippen LogP contribution in [0.2, 0.25) is 0 Å². The number of nitrogens with two attached hydrogens (primary N) is 1. The molecular weight excluding hydrogens is 212 g/mol. The summed E-state index contributed by atoms with van der Waals surface area (Å²) in [6, 6.07) is 0.549. The summed E-state index contributed by atoms with van der Waals surface area (Å²) in [5.74, 6) is 1.85. The third-order valence-electron chi connectivity index (χ3n) is 4.09. The van der Waals surface area contributed by atoms with Crippen LogP contribution in [0.4, 0.5) is 11.5 Å². The number of piperidine rings is 1. The predicted octanol–water partition coefficient (Wildman–Crippen LogP) is 2.42. The quantitative estimate of drug-likeness (QED) is 0.858. The highest BCUT2D eigenvalue weighted by Crippen LogP contribution is 2.33. The molecule has 0 saturated carbocycles. The first-order chi connectivity index (χ1) is 8.06. The molecule has 0 radical (unpaired) electrons. The maximum absolute atomic E-state index is 6.19. The maximum Gasteiger partial charge on any atom is 0.150 e. The molecule has 0 bridgehead atoms. The van der Waals surface area contributed by atoms with Crippen molar-refractivity contribution in [1.29, 1.82) is 0 Å². The van der Waals surface area contributed by atoms with E-state index in [0.717, 1.165) is 36.2 Å². The summed E-state index contributed by atoms with van der Waals surface area (Å²) >= 11 is 0. The van der Waals surface area contributed by atoms with Crippen LogP contribution in [-0.2, 0) is 6.54 Å². The van der Waals surface area contributed by atoms with E-state index < -0.39 is 0 Å². The fourth-order valence-corrected chi connectivity index (χ4v) is 2.74. The van der Waals surface area contributed by atoms with Gasteiger partial charge in [0.1, 0.15) is 0 Å². The lowest BCUT2D eigenvalue weighted by molar-refractivity contribution is 0.357. The Morgan fingerprint density at radius 1 is 1.41 bits per heavy atom. The van der Waals surface area contributed by atoms with Crippen molar-refractivity contribution in [2.75, 3.05) is 17.2 Å². The van der Waals surface area contributed by atoms with Crippen molar-refractivity contribution in [3.63, 3.8) is 0 Å². The largest absolute Gasteiger partial charge is 0.394 e. The van der Waals surface area contributed by atoms with Gasteiger partial charge in [0.15, 0.2) is 5.82 Å². The van der Waals surface area contributed by atoms with Crippen molar-refractivity contribution in [1.82, 2.24) is 9.78 Å². The van der Waals surface area contributed by atoms with Gasteiger partial charge in [0, 0.05) is 19.1 Å². The van der Waals surface area contributed by atoms with Crippen LogP contribution in [0.1, 0.15) is 39.3 Å². The minimum absolute atomic E-state index is 0.549. The van der Waals surface area contributed by atoms with Crippen LogP contribution in [0.3, 0.4) is 0 Å². The van der Waals surface area contributed by atoms with Crippen LogP contribution in [0.15, 0.2) is 0 Å². The van der Waals surface area contributed by atoms with Crippen LogP contribution < -0.4 is 10.6 Å². The van der Waals surface area contributed by atoms with Crippen molar-refractivity contribution in [3.8, 4) is 0 Å². The van der Waals surface area contributed by atoms with E-state index in [0.29, 0.717) is 6.04 Å². The molecule has 17 heavy (non-hydrogen) atoms. The summed E-state index contributed by atoms with van der Waals surface area (Å²) in [4.78, 5) is 2.44. The highest BCUT2D eigenvalue weighted by atomic mass is 15.4. The van der Waals surface area contributed by atoms with Crippen molar-refractivity contribution in [2.45, 2.75) is 53.1 Å². The molecular formula is C13H24N4. The van der Waals surface area contributed by atoms with Crippen LogP contribution in [-0.4, -0.2) is 22.4 Å². The van der Waals surface area contributed by atoms with Crippen molar-refractivity contribution in [2.24, 2.45) is 5.92 Å². The summed E-state index contributed by atoms with van der Waals surface area (Å²) in [7, 11) is 0. The highest BCUT2D eigenvalue weighted by molar-refractivity contribution is 5.66. The lowest BCUT2D eigenvalue weighted by Crippen LogP contribution is -2.43. The van der Waals surface area contributed by atoms with Gasteiger partial charge in [0.05, 0.1) is 11.4 Å². The van der Waals surface area contributed by atoms with E-state index in [-0.39, 0.29) is 0 Å². The second-order valence-corrected chi connectivity index (χ2v) is 5.19. The third kappa shape index (κ3) is 2.01. The monoisotopic (exact) mass is 236 g/mol. The minimum atomic E-state index is 0.549. The molecule has 1 aliphatic rings. The second kappa shape index (κ2) is 4.59. The fourth-order valence-electron chi connectivity index (χ4n) is 2.74. The number of hydrogen-bond donors (Lipinski definition) is 1. The van der Waals surface area contributed by atoms with E-state index >= 15 is 0 Å². The highest BCUT2D eigenvalue weighted by Gasteiger charge is 2.29. The van der Waals surface area contributed by atoms with Gasteiger partial charge in [-0.2, -0.15) is 5.10 Å². The molecule has 1 saturated heterocycles. The number of rotatable bonds is 2. The Morgan fingerprint density at radius 3 is 2.76 bits per heavy atom. The van der Waals surface area contributed by atoms with E-state index in [9.17, 15) is 0 Å². The third-order valence-corrected chi connectivity index (χ3v) is 4.09. The average molecular weight is 236 g/mol. The molecule has 0 aromatic carbocycles. The summed E-state index contributed by atoms with van der Waals surface area (Å²) in [5.41, 5.74) is 8.00. The molecule has 1 aromatic rings. The molecule has 2 rings (SSSR count). The molecule has 0 aliphatic carbocycles. The topological polar surface area (TPSA) is 47.1 Å². The van der Waals surface area contributed by atoms with Gasteiger partial charge < -0.3 is 10.6 Å².